The number of amides is 2. The van der Waals surface area contributed by atoms with Crippen LogP contribution < -0.4 is 25.8 Å². The van der Waals surface area contributed by atoms with E-state index < -0.39 is 23.6 Å². The molecule has 232 valence electrons. The van der Waals surface area contributed by atoms with E-state index in [1.807, 2.05) is 55.1 Å². The molecule has 0 aliphatic carbocycles. The second-order valence-corrected chi connectivity index (χ2v) is 12.5. The van der Waals surface area contributed by atoms with Gasteiger partial charge in [-0.1, -0.05) is 24.3 Å². The molecule has 5 unspecified atom stereocenters. The van der Waals surface area contributed by atoms with E-state index in [2.05, 4.69) is 22.9 Å². The van der Waals surface area contributed by atoms with Gasteiger partial charge in [-0.05, 0) is 93.1 Å². The summed E-state index contributed by atoms with van der Waals surface area (Å²) in [7, 11) is 0. The molecule has 0 saturated carbocycles. The molecule has 6 rings (SSSR count). The van der Waals surface area contributed by atoms with Crippen LogP contribution in [-0.2, 0) is 11.0 Å². The highest BCUT2D eigenvalue weighted by atomic mass is 19.4. The summed E-state index contributed by atoms with van der Waals surface area (Å²) in [6, 6.07) is 19.1. The van der Waals surface area contributed by atoms with Gasteiger partial charge in [-0.25, -0.2) is 0 Å². The van der Waals surface area contributed by atoms with Crippen LogP contribution in [0.4, 0.5) is 30.2 Å². The molecule has 0 radical (unpaired) electrons. The van der Waals surface area contributed by atoms with Gasteiger partial charge in [0.05, 0.1) is 18.2 Å². The minimum atomic E-state index is -4.60. The number of alkyl halides is 3. The van der Waals surface area contributed by atoms with Crippen molar-refractivity contribution in [2.45, 2.75) is 63.8 Å². The van der Waals surface area contributed by atoms with Crippen molar-refractivity contribution in [1.82, 2.24) is 10.6 Å². The number of aryl methyl sites for hydroxylation is 1. The number of rotatable bonds is 5. The lowest BCUT2D eigenvalue weighted by molar-refractivity contribution is -0.137. The predicted molar refractivity (Wildman–Crippen MR) is 166 cm³/mol. The number of carbonyl (C=O) groups is 2. The van der Waals surface area contributed by atoms with Crippen LogP contribution in [0.1, 0.15) is 59.7 Å². The van der Waals surface area contributed by atoms with Gasteiger partial charge in [-0.2, -0.15) is 13.2 Å². The van der Waals surface area contributed by atoms with Crippen molar-refractivity contribution < 1.29 is 22.8 Å². The Kier molecular flexibility index (Phi) is 8.15. The summed E-state index contributed by atoms with van der Waals surface area (Å²) < 4.78 is 41.5. The van der Waals surface area contributed by atoms with Crippen molar-refractivity contribution in [2.24, 2.45) is 5.92 Å². The standard InChI is InChI=1S/C34H38F3N5O2/c1-20-9-10-26(40-32(43)23-12-25(34(35,36)37)15-28(13-23)41-18-22(3)39-19-41)16-29(20)30-14-24-17-38-21(2)11-31(24)42(33(30)44)27-7-5-4-6-8-27/h4-10,12-13,15-16,21-22,24,30-31,38-39H,11,14,17-19H2,1-3H3,(H,40,43). The maximum atomic E-state index is 14.2. The lowest BCUT2D eigenvalue weighted by Gasteiger charge is -2.48. The number of hydrogen-bond donors (Lipinski definition) is 3. The van der Waals surface area contributed by atoms with E-state index >= 15 is 0 Å². The molecule has 0 spiro atoms. The number of benzene rings is 3. The molecule has 7 nitrogen and oxygen atoms in total. The quantitative estimate of drug-likeness (QED) is 0.337. The normalized spacial score (nSPS) is 25.6. The Morgan fingerprint density at radius 1 is 0.932 bits per heavy atom. The molecule has 5 atom stereocenters. The first-order valence-electron chi connectivity index (χ1n) is 15.2. The second-order valence-electron chi connectivity index (χ2n) is 12.5. The van der Waals surface area contributed by atoms with Gasteiger partial charge in [0, 0.05) is 53.8 Å². The van der Waals surface area contributed by atoms with Crippen LogP contribution in [0.3, 0.4) is 0 Å². The predicted octanol–water partition coefficient (Wildman–Crippen LogP) is 5.91. The van der Waals surface area contributed by atoms with Crippen LogP contribution in [0.25, 0.3) is 0 Å². The third kappa shape index (κ3) is 6.05. The summed E-state index contributed by atoms with van der Waals surface area (Å²) in [5, 5.41) is 9.59. The summed E-state index contributed by atoms with van der Waals surface area (Å²) in [5.74, 6) is -0.792. The molecule has 0 bridgehead atoms. The van der Waals surface area contributed by atoms with Crippen LogP contribution in [-0.4, -0.2) is 49.7 Å². The summed E-state index contributed by atoms with van der Waals surface area (Å²) in [4.78, 5) is 31.4. The summed E-state index contributed by atoms with van der Waals surface area (Å²) in [6.07, 6.45) is -3.07. The van der Waals surface area contributed by atoms with Crippen molar-refractivity contribution in [2.75, 3.05) is 34.9 Å². The third-order valence-corrected chi connectivity index (χ3v) is 9.22. The first-order valence-corrected chi connectivity index (χ1v) is 15.2. The lowest BCUT2D eigenvalue weighted by atomic mass is 9.74. The Morgan fingerprint density at radius 3 is 2.41 bits per heavy atom. The Bertz CT molecular complexity index is 1550. The average Bonchev–Trinajstić information content (AvgIpc) is 3.44. The second kappa shape index (κ2) is 11.9. The van der Waals surface area contributed by atoms with E-state index in [0.717, 1.165) is 41.9 Å². The van der Waals surface area contributed by atoms with Crippen LogP contribution >= 0.6 is 0 Å². The molecule has 3 saturated heterocycles. The number of fused-ring (bicyclic) bond motifs is 1. The zero-order valence-electron chi connectivity index (χ0n) is 25.1. The summed E-state index contributed by atoms with van der Waals surface area (Å²) >= 11 is 0. The Hall–Kier alpha value is -3.89. The summed E-state index contributed by atoms with van der Waals surface area (Å²) in [6.45, 7) is 7.78. The molecule has 3 aliphatic heterocycles. The Balaban J connectivity index is 1.30. The molecule has 0 aromatic heterocycles. The number of para-hydroxylation sites is 1. The SMILES string of the molecule is Cc1ccc(NC(=O)c2cc(N3CNC(C)C3)cc(C(F)(F)F)c2)cc1C1CC2CNC(C)CC2N(c2ccccc2)C1=O. The van der Waals surface area contributed by atoms with E-state index in [0.29, 0.717) is 37.1 Å². The van der Waals surface area contributed by atoms with E-state index in [1.165, 1.54) is 6.07 Å². The first-order chi connectivity index (χ1) is 21.0. The van der Waals surface area contributed by atoms with Crippen LogP contribution in [0.2, 0.25) is 0 Å². The monoisotopic (exact) mass is 605 g/mol. The number of carbonyl (C=O) groups excluding carboxylic acids is 2. The highest BCUT2D eigenvalue weighted by Crippen LogP contribution is 2.42. The molecule has 3 fully saturated rings. The van der Waals surface area contributed by atoms with Crippen molar-refractivity contribution in [3.63, 3.8) is 0 Å². The zero-order chi connectivity index (χ0) is 31.2. The van der Waals surface area contributed by atoms with Gasteiger partial charge in [0.25, 0.3) is 5.91 Å². The highest BCUT2D eigenvalue weighted by Gasteiger charge is 2.45. The smallest absolute Gasteiger partial charge is 0.357 e. The van der Waals surface area contributed by atoms with Gasteiger partial charge in [-0.15, -0.1) is 0 Å². The van der Waals surface area contributed by atoms with E-state index in [1.54, 1.807) is 17.0 Å². The number of nitrogens with one attached hydrogen (secondary N) is 3. The van der Waals surface area contributed by atoms with Crippen LogP contribution in [0.5, 0.6) is 0 Å². The zero-order valence-corrected chi connectivity index (χ0v) is 25.1. The van der Waals surface area contributed by atoms with Crippen LogP contribution in [0, 0.1) is 12.8 Å². The first kappa shape index (κ1) is 30.1. The van der Waals surface area contributed by atoms with Crippen molar-refractivity contribution in [1.29, 1.82) is 0 Å². The van der Waals surface area contributed by atoms with Crippen molar-refractivity contribution >= 4 is 28.9 Å². The molecule has 3 aromatic rings. The topological polar surface area (TPSA) is 76.7 Å². The molecule has 3 N–H and O–H groups in total. The van der Waals surface area contributed by atoms with E-state index in [-0.39, 0.29) is 29.5 Å². The third-order valence-electron chi connectivity index (χ3n) is 9.22. The van der Waals surface area contributed by atoms with Gasteiger partial charge >= 0.3 is 6.18 Å². The number of piperidine rings is 2. The van der Waals surface area contributed by atoms with Gasteiger partial charge in [0.15, 0.2) is 0 Å². The largest absolute Gasteiger partial charge is 0.416 e. The Morgan fingerprint density at radius 2 is 1.70 bits per heavy atom. The Labute approximate surface area is 255 Å². The van der Waals surface area contributed by atoms with E-state index in [9.17, 15) is 22.8 Å². The lowest BCUT2D eigenvalue weighted by Crippen LogP contribution is -2.59. The fraction of sp³-hybridized carbons (Fsp3) is 0.412. The molecule has 44 heavy (non-hydrogen) atoms. The van der Waals surface area contributed by atoms with E-state index in [4.69, 9.17) is 0 Å². The minimum absolute atomic E-state index is 0.0223. The van der Waals surface area contributed by atoms with Gasteiger partial charge in [-0.3, -0.25) is 14.9 Å². The molecule has 3 aliphatic rings. The molecule has 10 heteroatoms. The molecule has 2 amide bonds. The molecular weight excluding hydrogens is 567 g/mol. The fourth-order valence-corrected chi connectivity index (χ4v) is 6.89. The number of anilines is 3. The van der Waals surface area contributed by atoms with Gasteiger partial charge in [0.1, 0.15) is 0 Å². The molecular formula is C34H38F3N5O2. The van der Waals surface area contributed by atoms with Gasteiger partial charge < -0.3 is 20.4 Å². The number of halogens is 3. The fourth-order valence-electron chi connectivity index (χ4n) is 6.89. The van der Waals surface area contributed by atoms with Crippen molar-refractivity contribution in [3.8, 4) is 0 Å². The maximum absolute atomic E-state index is 14.2. The number of nitrogens with zero attached hydrogens (tertiary/aromatic N) is 2. The van der Waals surface area contributed by atoms with Crippen LogP contribution in [0.15, 0.2) is 66.7 Å². The maximum Gasteiger partial charge on any atom is 0.416 e. The molecule has 3 aromatic carbocycles. The average molecular weight is 606 g/mol. The minimum Gasteiger partial charge on any atom is -0.357 e. The summed E-state index contributed by atoms with van der Waals surface area (Å²) in [5.41, 5.74) is 2.42. The van der Waals surface area contributed by atoms with Gasteiger partial charge in [0.2, 0.25) is 5.91 Å². The highest BCUT2D eigenvalue weighted by molar-refractivity contribution is 6.05. The van der Waals surface area contributed by atoms with Crippen molar-refractivity contribution in [3.05, 3.63) is 89.0 Å². The molecule has 3 heterocycles. The number of hydrogen-bond acceptors (Lipinski definition) is 5.